The minimum atomic E-state index is -3.45. The molecule has 1 N–H and O–H groups in total. The van der Waals surface area contributed by atoms with Gasteiger partial charge in [0.25, 0.3) is 0 Å². The van der Waals surface area contributed by atoms with Crippen molar-refractivity contribution in [2.75, 3.05) is 5.75 Å². The maximum absolute atomic E-state index is 12.3. The van der Waals surface area contributed by atoms with Gasteiger partial charge < -0.3 is 5.11 Å². The molecule has 2 bridgehead atoms. The van der Waals surface area contributed by atoms with E-state index in [1.807, 2.05) is 0 Å². The zero-order valence-corrected chi connectivity index (χ0v) is 16.3. The van der Waals surface area contributed by atoms with Crippen LogP contribution in [0.25, 0.3) is 0 Å². The van der Waals surface area contributed by atoms with Crippen molar-refractivity contribution in [2.24, 2.45) is 16.7 Å². The number of aliphatic hydroxyl groups excluding tert-OH is 1. The molecule has 1 aromatic carbocycles. The largest absolute Gasteiger partial charge is 0.392 e. The molecule has 2 aliphatic carbocycles. The minimum Gasteiger partial charge on any atom is -0.392 e. The molecule has 2 saturated carbocycles. The molecule has 132 valence electrons. The summed E-state index contributed by atoms with van der Waals surface area (Å²) >= 11 is 7.28. The van der Waals surface area contributed by atoms with Crippen molar-refractivity contribution in [3.8, 4) is 0 Å². The van der Waals surface area contributed by atoms with Crippen molar-refractivity contribution in [3.63, 3.8) is 0 Å². The van der Waals surface area contributed by atoms with Crippen LogP contribution in [0.2, 0.25) is 5.02 Å². The number of hydrogen-bond donors (Lipinski definition) is 1. The van der Waals surface area contributed by atoms with Crippen LogP contribution in [0.15, 0.2) is 40.0 Å². The molecule has 3 nitrogen and oxygen atoms in total. The Morgan fingerprint density at radius 1 is 1.33 bits per heavy atom. The zero-order valence-electron chi connectivity index (χ0n) is 13.9. The van der Waals surface area contributed by atoms with Crippen LogP contribution in [-0.4, -0.2) is 25.4 Å². The highest BCUT2D eigenvalue weighted by molar-refractivity contribution is 8.03. The molecular formula is C18H23ClO3S2. The molecule has 0 spiro atoms. The van der Waals surface area contributed by atoms with Crippen LogP contribution in [-0.2, 0) is 9.84 Å². The van der Waals surface area contributed by atoms with E-state index in [0.29, 0.717) is 10.9 Å². The second kappa shape index (κ2) is 6.35. The number of rotatable bonds is 5. The van der Waals surface area contributed by atoms with Gasteiger partial charge in [-0.15, -0.1) is 11.8 Å². The molecule has 24 heavy (non-hydrogen) atoms. The summed E-state index contributed by atoms with van der Waals surface area (Å²) in [6, 6.07) is 6.17. The van der Waals surface area contributed by atoms with Crippen molar-refractivity contribution < 1.29 is 13.5 Å². The van der Waals surface area contributed by atoms with Crippen LogP contribution < -0.4 is 0 Å². The molecule has 2 fully saturated rings. The van der Waals surface area contributed by atoms with Gasteiger partial charge in [0.2, 0.25) is 0 Å². The van der Waals surface area contributed by atoms with Gasteiger partial charge in [0.05, 0.1) is 11.0 Å². The molecule has 1 aromatic rings. The third-order valence-electron chi connectivity index (χ3n) is 6.20. The molecular weight excluding hydrogens is 364 g/mol. The normalized spacial score (nSPS) is 31.8. The number of aliphatic hydroxyl groups is 1. The standard InChI is InChI=1S/C18H23ClO3S2/c1-17(2)13-7-8-18(17,16(20)11-13)12-23-9-10-24(21,22)15-5-3-14(19)4-6-15/h3-6,9-10,13,16,20H,7-8,11-12H2,1-2H3/b10-9-/t13-,16-,18-/m1/s1. The summed E-state index contributed by atoms with van der Waals surface area (Å²) in [5.41, 5.74) is 0.0129. The van der Waals surface area contributed by atoms with E-state index < -0.39 is 9.84 Å². The molecule has 0 saturated heterocycles. The molecule has 2 aliphatic rings. The monoisotopic (exact) mass is 386 g/mol. The first-order valence-electron chi connectivity index (χ1n) is 8.16. The van der Waals surface area contributed by atoms with Gasteiger partial charge in [-0.3, -0.25) is 0 Å². The first-order chi connectivity index (χ1) is 11.2. The smallest absolute Gasteiger partial charge is 0.200 e. The molecule has 6 heteroatoms. The Kier molecular flexibility index (Phi) is 4.84. The third-order valence-corrected chi connectivity index (χ3v) is 9.06. The van der Waals surface area contributed by atoms with Crippen LogP contribution in [0.5, 0.6) is 0 Å². The average molecular weight is 387 g/mol. The molecule has 0 radical (unpaired) electrons. The second-order valence-electron chi connectivity index (χ2n) is 7.45. The Balaban J connectivity index is 1.68. The average Bonchev–Trinajstić information content (AvgIpc) is 2.86. The van der Waals surface area contributed by atoms with E-state index in [9.17, 15) is 13.5 Å². The van der Waals surface area contributed by atoms with E-state index in [1.54, 1.807) is 17.5 Å². The number of thioether (sulfide) groups is 1. The van der Waals surface area contributed by atoms with Gasteiger partial charge in [-0.05, 0) is 60.3 Å². The van der Waals surface area contributed by atoms with Crippen LogP contribution in [0.4, 0.5) is 0 Å². The second-order valence-corrected chi connectivity index (χ2v) is 10.6. The summed E-state index contributed by atoms with van der Waals surface area (Å²) in [4.78, 5) is 0.240. The molecule has 0 heterocycles. The Morgan fingerprint density at radius 2 is 2.00 bits per heavy atom. The number of halogens is 1. The topological polar surface area (TPSA) is 54.4 Å². The lowest BCUT2D eigenvalue weighted by molar-refractivity contribution is 0.0169. The fourth-order valence-electron chi connectivity index (χ4n) is 4.39. The van der Waals surface area contributed by atoms with Crippen molar-refractivity contribution in [1.82, 2.24) is 0 Å². The highest BCUT2D eigenvalue weighted by Crippen LogP contribution is 2.66. The number of sulfone groups is 1. The van der Waals surface area contributed by atoms with Crippen molar-refractivity contribution in [1.29, 1.82) is 0 Å². The van der Waals surface area contributed by atoms with Gasteiger partial charge in [0.1, 0.15) is 0 Å². The highest BCUT2D eigenvalue weighted by Gasteiger charge is 2.63. The van der Waals surface area contributed by atoms with Crippen LogP contribution >= 0.6 is 23.4 Å². The van der Waals surface area contributed by atoms with Gasteiger partial charge in [-0.1, -0.05) is 25.4 Å². The van der Waals surface area contributed by atoms with Gasteiger partial charge >= 0.3 is 0 Å². The van der Waals surface area contributed by atoms with Crippen molar-refractivity contribution >= 4 is 33.2 Å². The van der Waals surface area contributed by atoms with E-state index in [1.165, 1.54) is 29.3 Å². The summed E-state index contributed by atoms with van der Waals surface area (Å²) < 4.78 is 24.6. The first kappa shape index (κ1) is 18.3. The maximum atomic E-state index is 12.3. The lowest BCUT2D eigenvalue weighted by atomic mass is 9.70. The number of benzene rings is 1. The molecule has 0 unspecified atom stereocenters. The Bertz CT molecular complexity index is 740. The Labute approximate surface area is 153 Å². The van der Waals surface area contributed by atoms with Gasteiger partial charge in [0, 0.05) is 21.6 Å². The van der Waals surface area contributed by atoms with Crippen LogP contribution in [0.3, 0.4) is 0 Å². The highest BCUT2D eigenvalue weighted by atomic mass is 35.5. The lowest BCUT2D eigenvalue weighted by Crippen LogP contribution is -2.40. The van der Waals surface area contributed by atoms with Crippen molar-refractivity contribution in [2.45, 2.75) is 44.1 Å². The van der Waals surface area contributed by atoms with Gasteiger partial charge in [-0.25, -0.2) is 8.42 Å². The van der Waals surface area contributed by atoms with E-state index in [4.69, 9.17) is 11.6 Å². The fraction of sp³-hybridized carbons (Fsp3) is 0.556. The predicted octanol–water partition coefficient (Wildman–Crippen LogP) is 4.51. The zero-order chi connectivity index (χ0) is 17.6. The van der Waals surface area contributed by atoms with E-state index >= 15 is 0 Å². The molecule has 0 amide bonds. The summed E-state index contributed by atoms with van der Waals surface area (Å²) in [7, 11) is -3.45. The Hall–Kier alpha value is -0.490. The Morgan fingerprint density at radius 3 is 2.54 bits per heavy atom. The quantitative estimate of drug-likeness (QED) is 0.809. The summed E-state index contributed by atoms with van der Waals surface area (Å²) in [5, 5.41) is 13.9. The molecule has 3 rings (SSSR count). The van der Waals surface area contributed by atoms with Gasteiger partial charge in [-0.2, -0.15) is 0 Å². The number of fused-ring (bicyclic) bond motifs is 2. The van der Waals surface area contributed by atoms with Gasteiger partial charge in [0.15, 0.2) is 9.84 Å². The van der Waals surface area contributed by atoms with Crippen molar-refractivity contribution in [3.05, 3.63) is 40.1 Å². The van der Waals surface area contributed by atoms with E-state index in [0.717, 1.165) is 25.0 Å². The first-order valence-corrected chi connectivity index (χ1v) is 11.1. The summed E-state index contributed by atoms with van der Waals surface area (Å²) in [6.07, 6.45) is 2.79. The molecule has 0 aromatic heterocycles. The summed E-state index contributed by atoms with van der Waals surface area (Å²) in [6.45, 7) is 4.49. The molecule has 0 aliphatic heterocycles. The third kappa shape index (κ3) is 2.94. The lowest BCUT2D eigenvalue weighted by Gasteiger charge is -2.40. The minimum absolute atomic E-state index is 0.100. The fourth-order valence-corrected chi connectivity index (χ4v) is 7.19. The summed E-state index contributed by atoms with van der Waals surface area (Å²) in [5.74, 6) is 1.33. The predicted molar refractivity (Wildman–Crippen MR) is 99.8 cm³/mol. The van der Waals surface area contributed by atoms with Crippen LogP contribution in [0.1, 0.15) is 33.1 Å². The van der Waals surface area contributed by atoms with E-state index in [2.05, 4.69) is 13.8 Å². The SMILES string of the molecule is CC1(C)[C@@H]2CC[C@@]1(CS/C=C\S(=O)(=O)c1ccc(Cl)cc1)[C@H](O)C2. The van der Waals surface area contributed by atoms with Crippen LogP contribution in [0, 0.1) is 16.7 Å². The van der Waals surface area contributed by atoms with E-state index in [-0.39, 0.29) is 21.8 Å². The number of hydrogen-bond acceptors (Lipinski definition) is 4. The maximum Gasteiger partial charge on any atom is 0.200 e. The molecule has 3 atom stereocenters.